The smallest absolute Gasteiger partial charge is 0.305 e. The second kappa shape index (κ2) is 10.8. The number of allylic oxidation sites excluding steroid dienone is 2. The summed E-state index contributed by atoms with van der Waals surface area (Å²) in [4.78, 5) is 11.1. The van der Waals surface area contributed by atoms with Crippen molar-refractivity contribution in [1.82, 2.24) is 0 Å². The first-order valence-corrected chi connectivity index (χ1v) is 9.96. The summed E-state index contributed by atoms with van der Waals surface area (Å²) in [5.74, 6) is -0.271. The minimum Gasteiger partial charge on any atom is -0.469 e. The Morgan fingerprint density at radius 1 is 1.35 bits per heavy atom. The van der Waals surface area contributed by atoms with E-state index in [0.29, 0.717) is 12.8 Å². The summed E-state index contributed by atoms with van der Waals surface area (Å²) in [6, 6.07) is 0. The number of methoxy groups -OCH3 is 1. The first kappa shape index (κ1) is 21.1. The average Bonchev–Trinajstić information content (AvgIpc) is 3.17. The van der Waals surface area contributed by atoms with E-state index in [9.17, 15) is 14.3 Å². The molecule has 0 amide bonds. The molecule has 1 N–H and O–H groups in total. The van der Waals surface area contributed by atoms with Gasteiger partial charge in [0.15, 0.2) is 0 Å². The van der Waals surface area contributed by atoms with E-state index in [-0.39, 0.29) is 23.9 Å². The SMILES string of the molecule is CCCCC[C@H](O)/C=C/[C@H]1CC[C@H]2O[C@H](/C=C/CCC(=O)OC)C(F)[C@H]12. The number of halogens is 1. The molecular formula is C21H33FO4. The Hall–Kier alpha value is -1.20. The van der Waals surface area contributed by atoms with Crippen molar-refractivity contribution in [2.45, 2.75) is 82.8 Å². The normalized spacial score (nSPS) is 32.4. The van der Waals surface area contributed by atoms with Crippen LogP contribution in [0.15, 0.2) is 24.3 Å². The van der Waals surface area contributed by atoms with Crippen molar-refractivity contribution < 1.29 is 23.8 Å². The van der Waals surface area contributed by atoms with Crippen molar-refractivity contribution in [1.29, 1.82) is 0 Å². The Morgan fingerprint density at radius 2 is 2.15 bits per heavy atom. The topological polar surface area (TPSA) is 55.8 Å². The van der Waals surface area contributed by atoms with Gasteiger partial charge >= 0.3 is 5.97 Å². The van der Waals surface area contributed by atoms with Gasteiger partial charge in [0.1, 0.15) is 12.3 Å². The molecule has 2 aliphatic rings. The number of fused-ring (bicyclic) bond motifs is 1. The van der Waals surface area contributed by atoms with Crippen LogP contribution in [0.5, 0.6) is 0 Å². The number of hydrogen-bond acceptors (Lipinski definition) is 4. The van der Waals surface area contributed by atoms with Gasteiger partial charge in [-0.15, -0.1) is 0 Å². The van der Waals surface area contributed by atoms with Crippen molar-refractivity contribution in [3.63, 3.8) is 0 Å². The minimum absolute atomic E-state index is 0.0489. The highest BCUT2D eigenvalue weighted by Crippen LogP contribution is 2.45. The quantitative estimate of drug-likeness (QED) is 0.358. The zero-order valence-electron chi connectivity index (χ0n) is 16.0. The summed E-state index contributed by atoms with van der Waals surface area (Å²) in [7, 11) is 1.36. The van der Waals surface area contributed by atoms with Crippen LogP contribution in [0, 0.1) is 11.8 Å². The molecule has 0 aromatic rings. The van der Waals surface area contributed by atoms with E-state index in [0.717, 1.165) is 38.5 Å². The van der Waals surface area contributed by atoms with E-state index in [4.69, 9.17) is 4.74 Å². The van der Waals surface area contributed by atoms with Gasteiger partial charge in [-0.25, -0.2) is 4.39 Å². The van der Waals surface area contributed by atoms with Crippen molar-refractivity contribution in [2.24, 2.45) is 11.8 Å². The molecule has 2 fully saturated rings. The highest BCUT2D eigenvalue weighted by molar-refractivity contribution is 5.69. The Labute approximate surface area is 156 Å². The third-order valence-electron chi connectivity index (χ3n) is 5.47. The van der Waals surface area contributed by atoms with Gasteiger partial charge in [0.25, 0.3) is 0 Å². The van der Waals surface area contributed by atoms with Crippen LogP contribution in [0.1, 0.15) is 58.3 Å². The van der Waals surface area contributed by atoms with E-state index < -0.39 is 18.4 Å². The molecule has 4 nitrogen and oxygen atoms in total. The molecule has 6 atom stereocenters. The van der Waals surface area contributed by atoms with E-state index in [1.165, 1.54) is 7.11 Å². The molecule has 0 bridgehead atoms. The summed E-state index contributed by atoms with van der Waals surface area (Å²) in [6.07, 6.45) is 12.0. The van der Waals surface area contributed by atoms with E-state index in [1.807, 2.05) is 12.2 Å². The number of aliphatic hydroxyl groups is 1. The van der Waals surface area contributed by atoms with Crippen LogP contribution < -0.4 is 0 Å². The summed E-state index contributed by atoms with van der Waals surface area (Å²) >= 11 is 0. The van der Waals surface area contributed by atoms with Crippen molar-refractivity contribution in [2.75, 3.05) is 7.11 Å². The molecule has 1 unspecified atom stereocenters. The number of esters is 1. The maximum absolute atomic E-state index is 14.9. The number of rotatable bonds is 10. The fourth-order valence-corrected chi connectivity index (χ4v) is 3.99. The number of hydrogen-bond donors (Lipinski definition) is 1. The first-order chi connectivity index (χ1) is 12.6. The van der Waals surface area contributed by atoms with Gasteiger partial charge < -0.3 is 14.6 Å². The predicted molar refractivity (Wildman–Crippen MR) is 99.4 cm³/mol. The lowest BCUT2D eigenvalue weighted by molar-refractivity contribution is -0.140. The number of carbonyl (C=O) groups excluding carboxylic acids is 1. The van der Waals surface area contributed by atoms with Gasteiger partial charge in [-0.2, -0.15) is 0 Å². The molecule has 1 heterocycles. The van der Waals surface area contributed by atoms with Gasteiger partial charge in [-0.1, -0.05) is 50.5 Å². The second-order valence-corrected chi connectivity index (χ2v) is 7.39. The van der Waals surface area contributed by atoms with Crippen LogP contribution in [0.3, 0.4) is 0 Å². The standard InChI is InChI=1S/C21H33FO4/c1-3-4-5-8-16(23)13-11-15-12-14-17-20(15)21(22)18(26-17)9-6-7-10-19(24)25-2/h6,9,11,13,15-18,20-21,23H,3-5,7-8,10,12,14H2,1-2H3/b9-6+,13-11+/t15-,16-,17+,18+,20+,21?/m0/s1. The Morgan fingerprint density at radius 3 is 2.88 bits per heavy atom. The molecule has 148 valence electrons. The predicted octanol–water partition coefficient (Wildman–Crippen LogP) is 4.12. The monoisotopic (exact) mass is 368 g/mol. The van der Waals surface area contributed by atoms with E-state index in [1.54, 1.807) is 12.2 Å². The molecule has 0 spiro atoms. The van der Waals surface area contributed by atoms with Crippen LogP contribution in [-0.2, 0) is 14.3 Å². The molecule has 1 saturated carbocycles. The highest BCUT2D eigenvalue weighted by Gasteiger charge is 2.50. The highest BCUT2D eigenvalue weighted by atomic mass is 19.1. The lowest BCUT2D eigenvalue weighted by Crippen LogP contribution is -2.24. The number of alkyl halides is 1. The second-order valence-electron chi connectivity index (χ2n) is 7.39. The van der Waals surface area contributed by atoms with Gasteiger partial charge in [0, 0.05) is 12.3 Å². The Balaban J connectivity index is 1.82. The molecule has 1 aliphatic carbocycles. The van der Waals surface area contributed by atoms with Gasteiger partial charge in [-0.05, 0) is 31.6 Å². The third-order valence-corrected chi connectivity index (χ3v) is 5.47. The van der Waals surface area contributed by atoms with E-state index in [2.05, 4.69) is 11.7 Å². The first-order valence-electron chi connectivity index (χ1n) is 9.96. The zero-order chi connectivity index (χ0) is 18.9. The molecule has 0 aromatic carbocycles. The van der Waals surface area contributed by atoms with Crippen molar-refractivity contribution >= 4 is 5.97 Å². The number of aliphatic hydroxyl groups excluding tert-OH is 1. The number of ether oxygens (including phenoxy) is 2. The van der Waals surface area contributed by atoms with Gasteiger partial charge in [-0.3, -0.25) is 4.79 Å². The van der Waals surface area contributed by atoms with Gasteiger partial charge in [0.05, 0.1) is 19.3 Å². The zero-order valence-corrected chi connectivity index (χ0v) is 16.0. The fraction of sp³-hybridized carbons (Fsp3) is 0.762. The molecule has 2 rings (SSSR count). The van der Waals surface area contributed by atoms with Crippen molar-refractivity contribution in [3.8, 4) is 0 Å². The van der Waals surface area contributed by atoms with Crippen LogP contribution in [0.4, 0.5) is 4.39 Å². The largest absolute Gasteiger partial charge is 0.469 e. The maximum atomic E-state index is 14.9. The Bertz CT molecular complexity index is 490. The summed E-state index contributed by atoms with van der Waals surface area (Å²) in [5.41, 5.74) is 0. The molecule has 0 aromatic heterocycles. The van der Waals surface area contributed by atoms with Crippen LogP contribution in [-0.4, -0.2) is 42.7 Å². The molecule has 5 heteroatoms. The number of carbonyl (C=O) groups is 1. The van der Waals surface area contributed by atoms with Crippen LogP contribution in [0.2, 0.25) is 0 Å². The summed E-state index contributed by atoms with van der Waals surface area (Å²) in [5, 5.41) is 10.0. The molecule has 1 saturated heterocycles. The fourth-order valence-electron chi connectivity index (χ4n) is 3.99. The minimum atomic E-state index is -1.04. The lowest BCUT2D eigenvalue weighted by atomic mass is 9.89. The molecule has 26 heavy (non-hydrogen) atoms. The number of unbranched alkanes of at least 4 members (excludes halogenated alkanes) is 2. The molecule has 0 radical (unpaired) electrons. The maximum Gasteiger partial charge on any atom is 0.305 e. The average molecular weight is 368 g/mol. The van der Waals surface area contributed by atoms with Gasteiger partial charge in [0.2, 0.25) is 0 Å². The van der Waals surface area contributed by atoms with E-state index >= 15 is 0 Å². The van der Waals surface area contributed by atoms with Crippen LogP contribution >= 0.6 is 0 Å². The van der Waals surface area contributed by atoms with Crippen molar-refractivity contribution in [3.05, 3.63) is 24.3 Å². The summed E-state index contributed by atoms with van der Waals surface area (Å²) < 4.78 is 25.3. The third kappa shape index (κ3) is 5.92. The molecule has 1 aliphatic heterocycles. The lowest BCUT2D eigenvalue weighted by Gasteiger charge is -2.17. The van der Waals surface area contributed by atoms with Crippen LogP contribution in [0.25, 0.3) is 0 Å². The summed E-state index contributed by atoms with van der Waals surface area (Å²) in [6.45, 7) is 2.14. The molecular weight excluding hydrogens is 335 g/mol. The Kier molecular flexibility index (Phi) is 8.79.